The molecular weight excluding hydrogens is 172 g/mol. The van der Waals surface area contributed by atoms with E-state index in [-0.39, 0.29) is 0 Å². The molecule has 1 aliphatic carbocycles. The van der Waals surface area contributed by atoms with E-state index in [4.69, 9.17) is 16.3 Å². The van der Waals surface area contributed by atoms with Crippen LogP contribution in [0.2, 0.25) is 0 Å². The number of alkyl halides is 1. The van der Waals surface area contributed by atoms with Gasteiger partial charge in [-0.15, -0.1) is 11.6 Å². The van der Waals surface area contributed by atoms with E-state index in [0.29, 0.717) is 5.38 Å². The fourth-order valence-corrected chi connectivity index (χ4v) is 2.38. The second-order valence-electron chi connectivity index (χ2n) is 3.70. The molecule has 0 N–H and O–H groups in total. The van der Waals surface area contributed by atoms with E-state index in [9.17, 15) is 0 Å². The standard InChI is InChI=1S/C10H19ClO/c1-12-8-4-6-9-5-2-3-7-10(9)11/h9-10H,2-8H2,1H3. The first-order valence-corrected chi connectivity index (χ1v) is 5.41. The minimum absolute atomic E-state index is 0.440. The summed E-state index contributed by atoms with van der Waals surface area (Å²) in [5, 5.41) is 0.440. The zero-order valence-electron chi connectivity index (χ0n) is 7.89. The van der Waals surface area contributed by atoms with Gasteiger partial charge in [-0.3, -0.25) is 0 Å². The summed E-state index contributed by atoms with van der Waals surface area (Å²) in [5.74, 6) is 0.760. The molecule has 0 aromatic heterocycles. The minimum atomic E-state index is 0.440. The number of methoxy groups -OCH3 is 1. The van der Waals surface area contributed by atoms with Crippen LogP contribution in [0.1, 0.15) is 38.5 Å². The minimum Gasteiger partial charge on any atom is -0.385 e. The van der Waals surface area contributed by atoms with Crippen molar-refractivity contribution in [3.63, 3.8) is 0 Å². The Balaban J connectivity index is 2.11. The molecule has 0 heterocycles. The SMILES string of the molecule is COCCCC1CCCCC1Cl. The molecular formula is C10H19ClO. The molecule has 2 atom stereocenters. The molecule has 12 heavy (non-hydrogen) atoms. The Morgan fingerprint density at radius 2 is 2.08 bits per heavy atom. The molecule has 1 aliphatic rings. The Kier molecular flexibility index (Phi) is 5.01. The summed E-state index contributed by atoms with van der Waals surface area (Å²) >= 11 is 6.22. The Labute approximate surface area is 80.4 Å². The topological polar surface area (TPSA) is 9.23 Å². The summed E-state index contributed by atoms with van der Waals surface area (Å²) in [6, 6.07) is 0. The van der Waals surface area contributed by atoms with Crippen LogP contribution in [0.4, 0.5) is 0 Å². The molecule has 0 aliphatic heterocycles. The Bertz CT molecular complexity index is 116. The lowest BCUT2D eigenvalue weighted by Crippen LogP contribution is -2.19. The fraction of sp³-hybridized carbons (Fsp3) is 1.00. The number of hydrogen-bond donors (Lipinski definition) is 0. The predicted molar refractivity (Wildman–Crippen MR) is 52.7 cm³/mol. The third kappa shape index (κ3) is 3.32. The number of rotatable bonds is 4. The van der Waals surface area contributed by atoms with Gasteiger partial charge in [0.05, 0.1) is 0 Å². The van der Waals surface area contributed by atoms with Crippen LogP contribution in [-0.2, 0) is 4.74 Å². The lowest BCUT2D eigenvalue weighted by molar-refractivity contribution is 0.182. The van der Waals surface area contributed by atoms with Gasteiger partial charge in [-0.1, -0.05) is 12.8 Å². The van der Waals surface area contributed by atoms with Crippen LogP contribution >= 0.6 is 11.6 Å². The molecule has 72 valence electrons. The summed E-state index contributed by atoms with van der Waals surface area (Å²) in [5.41, 5.74) is 0. The first-order valence-electron chi connectivity index (χ1n) is 4.97. The summed E-state index contributed by atoms with van der Waals surface area (Å²) in [4.78, 5) is 0. The van der Waals surface area contributed by atoms with E-state index in [0.717, 1.165) is 12.5 Å². The van der Waals surface area contributed by atoms with Gasteiger partial charge in [-0.25, -0.2) is 0 Å². The van der Waals surface area contributed by atoms with E-state index in [1.54, 1.807) is 7.11 Å². The normalized spacial score (nSPS) is 30.5. The van der Waals surface area contributed by atoms with E-state index in [1.807, 2.05) is 0 Å². The van der Waals surface area contributed by atoms with E-state index in [1.165, 1.54) is 38.5 Å². The zero-order valence-corrected chi connectivity index (χ0v) is 8.65. The maximum absolute atomic E-state index is 6.22. The largest absolute Gasteiger partial charge is 0.385 e. The third-order valence-corrected chi connectivity index (χ3v) is 3.31. The van der Waals surface area contributed by atoms with Crippen molar-refractivity contribution in [1.82, 2.24) is 0 Å². The Hall–Kier alpha value is 0.250. The quantitative estimate of drug-likeness (QED) is 0.489. The van der Waals surface area contributed by atoms with Gasteiger partial charge in [-0.05, 0) is 31.6 Å². The number of hydrogen-bond acceptors (Lipinski definition) is 1. The van der Waals surface area contributed by atoms with Gasteiger partial charge in [0.2, 0.25) is 0 Å². The molecule has 1 saturated carbocycles. The van der Waals surface area contributed by atoms with Gasteiger partial charge in [0.1, 0.15) is 0 Å². The summed E-state index contributed by atoms with van der Waals surface area (Å²) in [6.07, 6.45) is 7.68. The van der Waals surface area contributed by atoms with E-state index < -0.39 is 0 Å². The van der Waals surface area contributed by atoms with Crippen molar-refractivity contribution in [2.24, 2.45) is 5.92 Å². The third-order valence-electron chi connectivity index (χ3n) is 2.74. The summed E-state index contributed by atoms with van der Waals surface area (Å²) < 4.78 is 5.03. The first kappa shape index (κ1) is 10.3. The monoisotopic (exact) mass is 190 g/mol. The molecule has 0 aromatic rings. The molecule has 0 bridgehead atoms. The highest BCUT2D eigenvalue weighted by Crippen LogP contribution is 2.31. The Morgan fingerprint density at radius 1 is 1.33 bits per heavy atom. The number of halogens is 1. The van der Waals surface area contributed by atoms with Crippen molar-refractivity contribution in [3.8, 4) is 0 Å². The average molecular weight is 191 g/mol. The van der Waals surface area contributed by atoms with Gasteiger partial charge < -0.3 is 4.74 Å². The molecule has 0 amide bonds. The highest BCUT2D eigenvalue weighted by atomic mass is 35.5. The lowest BCUT2D eigenvalue weighted by Gasteiger charge is -2.26. The molecule has 1 rings (SSSR count). The van der Waals surface area contributed by atoms with Gasteiger partial charge in [0.15, 0.2) is 0 Å². The zero-order chi connectivity index (χ0) is 8.81. The van der Waals surface area contributed by atoms with E-state index >= 15 is 0 Å². The maximum atomic E-state index is 6.22. The van der Waals surface area contributed by atoms with Gasteiger partial charge >= 0.3 is 0 Å². The van der Waals surface area contributed by atoms with Gasteiger partial charge in [0.25, 0.3) is 0 Å². The summed E-state index contributed by atoms with van der Waals surface area (Å²) in [6.45, 7) is 0.889. The van der Waals surface area contributed by atoms with Crippen molar-refractivity contribution in [1.29, 1.82) is 0 Å². The molecule has 1 fully saturated rings. The first-order chi connectivity index (χ1) is 5.84. The van der Waals surface area contributed by atoms with E-state index in [2.05, 4.69) is 0 Å². The molecule has 2 heteroatoms. The van der Waals surface area contributed by atoms with Gasteiger partial charge in [0, 0.05) is 19.1 Å². The van der Waals surface area contributed by atoms with Crippen LogP contribution in [0.15, 0.2) is 0 Å². The maximum Gasteiger partial charge on any atom is 0.0462 e. The molecule has 0 aromatic carbocycles. The second kappa shape index (κ2) is 5.82. The van der Waals surface area contributed by atoms with Crippen molar-refractivity contribution < 1.29 is 4.74 Å². The highest BCUT2D eigenvalue weighted by molar-refractivity contribution is 6.20. The average Bonchev–Trinajstić information content (AvgIpc) is 2.09. The lowest BCUT2D eigenvalue weighted by atomic mass is 9.86. The molecule has 0 radical (unpaired) electrons. The molecule has 0 spiro atoms. The van der Waals surface area contributed by atoms with Crippen LogP contribution in [0, 0.1) is 5.92 Å². The molecule has 0 saturated heterocycles. The summed E-state index contributed by atoms with van der Waals surface area (Å²) in [7, 11) is 1.76. The smallest absolute Gasteiger partial charge is 0.0462 e. The van der Waals surface area contributed by atoms with Crippen LogP contribution < -0.4 is 0 Å². The van der Waals surface area contributed by atoms with Crippen molar-refractivity contribution >= 4 is 11.6 Å². The van der Waals surface area contributed by atoms with Crippen LogP contribution in [0.5, 0.6) is 0 Å². The predicted octanol–water partition coefficient (Wildman–Crippen LogP) is 3.21. The van der Waals surface area contributed by atoms with Crippen LogP contribution in [0.25, 0.3) is 0 Å². The fourth-order valence-electron chi connectivity index (χ4n) is 1.98. The van der Waals surface area contributed by atoms with Gasteiger partial charge in [-0.2, -0.15) is 0 Å². The second-order valence-corrected chi connectivity index (χ2v) is 4.26. The highest BCUT2D eigenvalue weighted by Gasteiger charge is 2.22. The molecule has 2 unspecified atom stereocenters. The number of ether oxygens (including phenoxy) is 1. The van der Waals surface area contributed by atoms with Crippen LogP contribution in [-0.4, -0.2) is 19.1 Å². The van der Waals surface area contributed by atoms with Crippen molar-refractivity contribution in [2.75, 3.05) is 13.7 Å². The van der Waals surface area contributed by atoms with Crippen molar-refractivity contribution in [3.05, 3.63) is 0 Å². The molecule has 1 nitrogen and oxygen atoms in total. The van der Waals surface area contributed by atoms with Crippen molar-refractivity contribution in [2.45, 2.75) is 43.9 Å². The Morgan fingerprint density at radius 3 is 2.75 bits per heavy atom. The van der Waals surface area contributed by atoms with Crippen LogP contribution in [0.3, 0.4) is 0 Å².